The number of carbonyl (C=O) groups is 3. The number of amides is 2. The first-order valence-electron chi connectivity index (χ1n) is 5.99. The van der Waals surface area contributed by atoms with Crippen LogP contribution in [0.4, 0.5) is 0 Å². The Morgan fingerprint density at radius 1 is 1.16 bits per heavy atom. The average Bonchev–Trinajstić information content (AvgIpc) is 2.63. The minimum atomic E-state index is -0.930. The molecule has 6 heteroatoms. The maximum atomic E-state index is 12.0. The summed E-state index contributed by atoms with van der Waals surface area (Å²) in [5.74, 6) is -1.49. The zero-order valence-electron chi connectivity index (χ0n) is 10.3. The molecule has 0 saturated carbocycles. The lowest BCUT2D eigenvalue weighted by Gasteiger charge is -2.13. The smallest absolute Gasteiger partial charge is 0.317 e. The normalized spacial score (nSPS) is 13.8. The van der Waals surface area contributed by atoms with Crippen LogP contribution in [-0.2, 0) is 4.79 Å². The number of carbonyl (C=O) groups excluding carboxylic acids is 2. The van der Waals surface area contributed by atoms with Crippen LogP contribution in [0.25, 0.3) is 0 Å². The molecular weight excluding hydrogens is 248 g/mol. The van der Waals surface area contributed by atoms with Crippen LogP contribution in [0.2, 0.25) is 0 Å². The molecular formula is C13H14N2O4. The molecule has 2 N–H and O–H groups in total. The zero-order valence-corrected chi connectivity index (χ0v) is 10.3. The van der Waals surface area contributed by atoms with E-state index in [0.717, 1.165) is 0 Å². The highest BCUT2D eigenvalue weighted by atomic mass is 16.4. The summed E-state index contributed by atoms with van der Waals surface area (Å²) in [5.41, 5.74) is 0.872. The summed E-state index contributed by atoms with van der Waals surface area (Å²) in [6.07, 6.45) is 0.527. The molecule has 1 aliphatic rings. The van der Waals surface area contributed by atoms with E-state index in [1.807, 2.05) is 0 Å². The number of rotatable bonds is 6. The number of aliphatic carboxylic acids is 1. The molecule has 0 spiro atoms. The summed E-state index contributed by atoms with van der Waals surface area (Å²) in [7, 11) is 0. The van der Waals surface area contributed by atoms with E-state index < -0.39 is 5.97 Å². The van der Waals surface area contributed by atoms with E-state index in [9.17, 15) is 14.4 Å². The van der Waals surface area contributed by atoms with Gasteiger partial charge in [0.05, 0.1) is 17.7 Å². The Hall–Kier alpha value is -2.21. The summed E-state index contributed by atoms with van der Waals surface area (Å²) < 4.78 is 0. The van der Waals surface area contributed by atoms with E-state index in [2.05, 4.69) is 5.32 Å². The van der Waals surface area contributed by atoms with Gasteiger partial charge in [-0.2, -0.15) is 0 Å². The molecule has 1 aliphatic heterocycles. The molecule has 1 aromatic carbocycles. The van der Waals surface area contributed by atoms with Crippen LogP contribution in [0.3, 0.4) is 0 Å². The van der Waals surface area contributed by atoms with Crippen LogP contribution in [0.15, 0.2) is 24.3 Å². The van der Waals surface area contributed by atoms with Crippen LogP contribution in [0.1, 0.15) is 27.1 Å². The number of imide groups is 1. The van der Waals surface area contributed by atoms with Crippen molar-refractivity contribution in [2.45, 2.75) is 6.42 Å². The Balaban J connectivity index is 1.88. The summed E-state index contributed by atoms with van der Waals surface area (Å²) in [6, 6.07) is 6.72. The Bertz CT molecular complexity index is 492. The number of nitrogens with one attached hydrogen (secondary N) is 1. The molecule has 0 radical (unpaired) electrons. The molecule has 6 nitrogen and oxygen atoms in total. The maximum Gasteiger partial charge on any atom is 0.317 e. The van der Waals surface area contributed by atoms with Crippen LogP contribution in [-0.4, -0.2) is 47.4 Å². The lowest BCUT2D eigenvalue weighted by Crippen LogP contribution is -2.33. The molecule has 19 heavy (non-hydrogen) atoms. The third-order valence-electron chi connectivity index (χ3n) is 2.89. The van der Waals surface area contributed by atoms with Crippen LogP contribution in [0.5, 0.6) is 0 Å². The zero-order chi connectivity index (χ0) is 13.8. The number of hydrogen-bond acceptors (Lipinski definition) is 4. The van der Waals surface area contributed by atoms with E-state index in [-0.39, 0.29) is 18.4 Å². The highest BCUT2D eigenvalue weighted by Crippen LogP contribution is 2.22. The van der Waals surface area contributed by atoms with Gasteiger partial charge in [0, 0.05) is 6.54 Å². The molecule has 0 fully saturated rings. The van der Waals surface area contributed by atoms with Crippen molar-refractivity contribution in [1.29, 1.82) is 0 Å². The van der Waals surface area contributed by atoms with E-state index in [1.54, 1.807) is 24.3 Å². The fourth-order valence-electron chi connectivity index (χ4n) is 2.00. The number of fused-ring (bicyclic) bond motifs is 1. The monoisotopic (exact) mass is 262 g/mol. The van der Waals surface area contributed by atoms with Gasteiger partial charge in [0.1, 0.15) is 0 Å². The number of carboxylic acids is 1. The van der Waals surface area contributed by atoms with Crippen molar-refractivity contribution in [1.82, 2.24) is 10.2 Å². The predicted octanol–water partition coefficient (Wildman–Crippen LogP) is 0.347. The second kappa shape index (κ2) is 5.62. The van der Waals surface area contributed by atoms with E-state index >= 15 is 0 Å². The SMILES string of the molecule is O=C(O)CNCCCN1C(=O)c2ccccc2C1=O. The lowest BCUT2D eigenvalue weighted by molar-refractivity contribution is -0.135. The Morgan fingerprint density at radius 2 is 1.74 bits per heavy atom. The first kappa shape index (κ1) is 13.2. The molecule has 0 aliphatic carbocycles. The van der Waals surface area contributed by atoms with Crippen molar-refractivity contribution >= 4 is 17.8 Å². The molecule has 1 aromatic rings. The Labute approximate surface area is 110 Å². The molecule has 100 valence electrons. The standard InChI is InChI=1S/C13H14N2O4/c16-11(17)8-14-6-3-7-15-12(18)9-4-1-2-5-10(9)13(15)19/h1-2,4-5,14H,3,6-8H2,(H,16,17). The molecule has 1 heterocycles. The number of benzene rings is 1. The quantitative estimate of drug-likeness (QED) is 0.570. The maximum absolute atomic E-state index is 12.0. The van der Waals surface area contributed by atoms with Crippen molar-refractivity contribution in [3.63, 3.8) is 0 Å². The molecule has 0 aromatic heterocycles. The topological polar surface area (TPSA) is 86.7 Å². The van der Waals surface area contributed by atoms with Gasteiger partial charge in [-0.25, -0.2) is 0 Å². The highest BCUT2D eigenvalue weighted by Gasteiger charge is 2.34. The lowest BCUT2D eigenvalue weighted by atomic mass is 10.1. The minimum Gasteiger partial charge on any atom is -0.480 e. The van der Waals surface area contributed by atoms with Gasteiger partial charge in [0.15, 0.2) is 0 Å². The van der Waals surface area contributed by atoms with Crippen LogP contribution in [0, 0.1) is 0 Å². The van der Waals surface area contributed by atoms with E-state index in [1.165, 1.54) is 4.90 Å². The van der Waals surface area contributed by atoms with E-state index in [4.69, 9.17) is 5.11 Å². The average molecular weight is 262 g/mol. The summed E-state index contributed by atoms with van der Waals surface area (Å²) in [4.78, 5) is 35.4. The third kappa shape index (κ3) is 2.79. The molecule has 0 saturated heterocycles. The number of carboxylic acid groups (broad SMARTS) is 1. The summed E-state index contributed by atoms with van der Waals surface area (Å²) in [6.45, 7) is 0.612. The second-order valence-electron chi connectivity index (χ2n) is 4.23. The number of hydrogen-bond donors (Lipinski definition) is 2. The van der Waals surface area contributed by atoms with Crippen LogP contribution < -0.4 is 5.32 Å². The van der Waals surface area contributed by atoms with Gasteiger partial charge >= 0.3 is 5.97 Å². The summed E-state index contributed by atoms with van der Waals surface area (Å²) >= 11 is 0. The fourth-order valence-corrected chi connectivity index (χ4v) is 2.00. The first-order valence-corrected chi connectivity index (χ1v) is 5.99. The predicted molar refractivity (Wildman–Crippen MR) is 66.9 cm³/mol. The van der Waals surface area contributed by atoms with E-state index in [0.29, 0.717) is 30.6 Å². The molecule has 2 amide bonds. The van der Waals surface area contributed by atoms with Gasteiger partial charge in [-0.1, -0.05) is 12.1 Å². The second-order valence-corrected chi connectivity index (χ2v) is 4.23. The Kier molecular flexibility index (Phi) is 3.91. The van der Waals surface area contributed by atoms with Gasteiger partial charge in [-0.3, -0.25) is 19.3 Å². The highest BCUT2D eigenvalue weighted by molar-refractivity contribution is 6.21. The molecule has 0 unspecified atom stereocenters. The molecule has 0 bridgehead atoms. The van der Waals surface area contributed by atoms with Crippen LogP contribution >= 0.6 is 0 Å². The van der Waals surface area contributed by atoms with Gasteiger partial charge in [0.25, 0.3) is 11.8 Å². The summed E-state index contributed by atoms with van der Waals surface area (Å²) in [5, 5.41) is 11.2. The van der Waals surface area contributed by atoms with Gasteiger partial charge in [0.2, 0.25) is 0 Å². The van der Waals surface area contributed by atoms with Crippen molar-refractivity contribution in [3.05, 3.63) is 35.4 Å². The minimum absolute atomic E-state index is 0.123. The Morgan fingerprint density at radius 3 is 2.26 bits per heavy atom. The molecule has 0 atom stereocenters. The van der Waals surface area contributed by atoms with Crippen molar-refractivity contribution < 1.29 is 19.5 Å². The fraction of sp³-hybridized carbons (Fsp3) is 0.308. The third-order valence-corrected chi connectivity index (χ3v) is 2.89. The molecule has 2 rings (SSSR count). The van der Waals surface area contributed by atoms with Crippen molar-refractivity contribution in [2.24, 2.45) is 0 Å². The van der Waals surface area contributed by atoms with Crippen molar-refractivity contribution in [2.75, 3.05) is 19.6 Å². The first-order chi connectivity index (χ1) is 9.11. The van der Waals surface area contributed by atoms with Crippen molar-refractivity contribution in [3.8, 4) is 0 Å². The van der Waals surface area contributed by atoms with Gasteiger partial charge in [-0.15, -0.1) is 0 Å². The number of nitrogens with zero attached hydrogens (tertiary/aromatic N) is 1. The van der Waals surface area contributed by atoms with Gasteiger partial charge in [-0.05, 0) is 25.1 Å². The largest absolute Gasteiger partial charge is 0.480 e. The van der Waals surface area contributed by atoms with Gasteiger partial charge < -0.3 is 10.4 Å².